The van der Waals surface area contributed by atoms with Gasteiger partial charge in [0, 0.05) is 5.92 Å². The van der Waals surface area contributed by atoms with Gasteiger partial charge in [-0.2, -0.15) is 0 Å². The van der Waals surface area contributed by atoms with Crippen LogP contribution in [0.2, 0.25) is 0 Å². The van der Waals surface area contributed by atoms with Crippen LogP contribution in [-0.2, 0) is 4.79 Å². The fourth-order valence-electron chi connectivity index (χ4n) is 4.07. The maximum Gasteiger partial charge on any atom is 0.224 e. The summed E-state index contributed by atoms with van der Waals surface area (Å²) < 4.78 is 5.94. The molecule has 26 heavy (non-hydrogen) atoms. The zero-order chi connectivity index (χ0) is 17.8. The molecule has 2 N–H and O–H groups in total. The molecule has 1 amide bonds. The van der Waals surface area contributed by atoms with Gasteiger partial charge in [-0.05, 0) is 55.5 Å². The number of hydrogen-bond donors (Lipinski definition) is 2. The monoisotopic (exact) mass is 350 g/mol. The van der Waals surface area contributed by atoms with Gasteiger partial charge in [0.1, 0.15) is 12.4 Å². The van der Waals surface area contributed by atoms with Crippen LogP contribution in [0, 0.1) is 11.3 Å². The second kappa shape index (κ2) is 7.50. The Hall–Kier alpha value is -2.33. The Balaban J connectivity index is 1.42. The van der Waals surface area contributed by atoms with Crippen molar-refractivity contribution in [2.24, 2.45) is 11.3 Å². The van der Waals surface area contributed by atoms with Gasteiger partial charge in [0.25, 0.3) is 0 Å². The number of ether oxygens (including phenoxy) is 1. The number of benzene rings is 2. The van der Waals surface area contributed by atoms with Gasteiger partial charge in [0.2, 0.25) is 5.91 Å². The first-order valence-corrected chi connectivity index (χ1v) is 9.51. The lowest BCUT2D eigenvalue weighted by molar-refractivity contribution is -0.124. The molecule has 2 unspecified atom stereocenters. The van der Waals surface area contributed by atoms with Crippen LogP contribution in [0.4, 0.5) is 0 Å². The smallest absolute Gasteiger partial charge is 0.224 e. The minimum atomic E-state index is -0.136. The lowest BCUT2D eigenvalue weighted by atomic mass is 9.91. The fraction of sp³-hybridized carbons (Fsp3) is 0.409. The summed E-state index contributed by atoms with van der Waals surface area (Å²) in [5, 5.41) is 6.65. The number of carbonyl (C=O) groups excluding carboxylic acids is 1. The third kappa shape index (κ3) is 3.75. The predicted octanol–water partition coefficient (Wildman–Crippen LogP) is 3.31. The van der Waals surface area contributed by atoms with Crippen molar-refractivity contribution in [2.75, 3.05) is 19.7 Å². The first-order valence-electron chi connectivity index (χ1n) is 9.51. The molecule has 1 spiro atoms. The van der Waals surface area contributed by atoms with Gasteiger partial charge in [0.05, 0.1) is 6.04 Å². The first-order chi connectivity index (χ1) is 12.8. The maximum absolute atomic E-state index is 12.9. The molecule has 2 aromatic rings. The number of nitrogens with one attached hydrogen (secondary N) is 2. The molecule has 0 bridgehead atoms. The van der Waals surface area contributed by atoms with Crippen molar-refractivity contribution in [2.45, 2.75) is 25.3 Å². The van der Waals surface area contributed by atoms with Gasteiger partial charge in [-0.1, -0.05) is 48.5 Å². The highest BCUT2D eigenvalue weighted by molar-refractivity contribution is 5.83. The van der Waals surface area contributed by atoms with Crippen LogP contribution < -0.4 is 15.4 Å². The molecule has 0 aromatic heterocycles. The van der Waals surface area contributed by atoms with E-state index in [4.69, 9.17) is 4.74 Å². The molecule has 2 fully saturated rings. The number of hydrogen-bond acceptors (Lipinski definition) is 3. The Kier molecular flexibility index (Phi) is 4.93. The highest BCUT2D eigenvalue weighted by Crippen LogP contribution is 2.58. The SMILES string of the molecule is O=C(NC(COc1ccccc1)c1ccccc1)C1CC12CCNCC2. The molecule has 1 heterocycles. The lowest BCUT2D eigenvalue weighted by Gasteiger charge is -2.24. The fourth-order valence-corrected chi connectivity index (χ4v) is 4.07. The predicted molar refractivity (Wildman–Crippen MR) is 102 cm³/mol. The summed E-state index contributed by atoms with van der Waals surface area (Å²) in [5.74, 6) is 1.16. The van der Waals surface area contributed by atoms with Gasteiger partial charge in [0.15, 0.2) is 0 Å². The summed E-state index contributed by atoms with van der Waals surface area (Å²) in [6.07, 6.45) is 3.25. The van der Waals surface area contributed by atoms with E-state index < -0.39 is 0 Å². The number of para-hydroxylation sites is 1. The van der Waals surface area contributed by atoms with Crippen molar-refractivity contribution >= 4 is 5.91 Å². The normalized spacial score (nSPS) is 21.8. The van der Waals surface area contributed by atoms with Crippen molar-refractivity contribution in [3.05, 3.63) is 66.2 Å². The van der Waals surface area contributed by atoms with Crippen molar-refractivity contribution in [1.29, 1.82) is 0 Å². The van der Waals surface area contributed by atoms with Gasteiger partial charge in [-0.3, -0.25) is 4.79 Å². The first kappa shape index (κ1) is 17.1. The van der Waals surface area contributed by atoms with E-state index >= 15 is 0 Å². The van der Waals surface area contributed by atoms with Crippen LogP contribution in [-0.4, -0.2) is 25.6 Å². The van der Waals surface area contributed by atoms with E-state index in [1.807, 2.05) is 60.7 Å². The summed E-state index contributed by atoms with van der Waals surface area (Å²) >= 11 is 0. The second-order valence-electron chi connectivity index (χ2n) is 7.46. The van der Waals surface area contributed by atoms with Crippen molar-refractivity contribution < 1.29 is 9.53 Å². The van der Waals surface area contributed by atoms with Gasteiger partial charge in [-0.15, -0.1) is 0 Å². The lowest BCUT2D eigenvalue weighted by Crippen LogP contribution is -2.37. The van der Waals surface area contributed by atoms with Crippen LogP contribution in [0.1, 0.15) is 30.9 Å². The Morgan fingerprint density at radius 3 is 2.42 bits per heavy atom. The maximum atomic E-state index is 12.9. The van der Waals surface area contributed by atoms with Crippen LogP contribution in [0.3, 0.4) is 0 Å². The summed E-state index contributed by atoms with van der Waals surface area (Å²) in [7, 11) is 0. The quantitative estimate of drug-likeness (QED) is 0.840. The Morgan fingerprint density at radius 1 is 1.08 bits per heavy atom. The summed E-state index contributed by atoms with van der Waals surface area (Å²) in [6, 6.07) is 19.7. The molecular formula is C22H26N2O2. The molecule has 0 radical (unpaired) electrons. The van der Waals surface area contributed by atoms with E-state index in [0.717, 1.165) is 43.7 Å². The van der Waals surface area contributed by atoms with Crippen LogP contribution in [0.15, 0.2) is 60.7 Å². The van der Waals surface area contributed by atoms with Gasteiger partial charge >= 0.3 is 0 Å². The second-order valence-corrected chi connectivity index (χ2v) is 7.46. The highest BCUT2D eigenvalue weighted by atomic mass is 16.5. The summed E-state index contributed by atoms with van der Waals surface area (Å²) in [4.78, 5) is 12.9. The van der Waals surface area contributed by atoms with E-state index in [2.05, 4.69) is 10.6 Å². The molecule has 2 atom stereocenters. The minimum Gasteiger partial charge on any atom is -0.491 e. The standard InChI is InChI=1S/C22H26N2O2/c25-21(19-15-22(19)11-13-23-14-12-22)24-20(17-7-3-1-4-8-17)16-26-18-9-5-2-6-10-18/h1-10,19-20,23H,11-16H2,(H,24,25). The molecule has 4 heteroatoms. The molecule has 1 saturated heterocycles. The van der Waals surface area contributed by atoms with Crippen LogP contribution in [0.5, 0.6) is 5.75 Å². The minimum absolute atomic E-state index is 0.136. The molecule has 4 nitrogen and oxygen atoms in total. The summed E-state index contributed by atoms with van der Waals surface area (Å²) in [5.41, 5.74) is 1.33. The third-order valence-electron chi connectivity index (χ3n) is 5.78. The zero-order valence-corrected chi connectivity index (χ0v) is 15.0. The molecule has 1 aliphatic heterocycles. The average Bonchev–Trinajstić information content (AvgIpc) is 3.40. The van der Waals surface area contributed by atoms with Crippen molar-refractivity contribution in [1.82, 2.24) is 10.6 Å². The van der Waals surface area contributed by atoms with E-state index in [1.165, 1.54) is 0 Å². The van der Waals surface area contributed by atoms with Crippen LogP contribution in [0.25, 0.3) is 0 Å². The van der Waals surface area contributed by atoms with Gasteiger partial charge in [-0.25, -0.2) is 0 Å². The van der Waals surface area contributed by atoms with Gasteiger partial charge < -0.3 is 15.4 Å². The van der Waals surface area contributed by atoms with Crippen molar-refractivity contribution in [3.8, 4) is 5.75 Å². The van der Waals surface area contributed by atoms with Crippen LogP contribution >= 0.6 is 0 Å². The molecule has 2 aromatic carbocycles. The summed E-state index contributed by atoms with van der Waals surface area (Å²) in [6.45, 7) is 2.49. The molecule has 2 aliphatic rings. The van der Waals surface area contributed by atoms with E-state index in [-0.39, 0.29) is 23.3 Å². The Morgan fingerprint density at radius 2 is 1.73 bits per heavy atom. The molecular weight excluding hydrogens is 324 g/mol. The number of rotatable bonds is 6. The van der Waals surface area contributed by atoms with E-state index in [0.29, 0.717) is 6.61 Å². The molecule has 1 saturated carbocycles. The topological polar surface area (TPSA) is 50.4 Å². The average molecular weight is 350 g/mol. The molecule has 4 rings (SSSR count). The zero-order valence-electron chi connectivity index (χ0n) is 15.0. The number of carbonyl (C=O) groups is 1. The number of piperidine rings is 1. The number of amides is 1. The molecule has 136 valence electrons. The van der Waals surface area contributed by atoms with E-state index in [1.54, 1.807) is 0 Å². The highest BCUT2D eigenvalue weighted by Gasteiger charge is 2.57. The molecule has 1 aliphatic carbocycles. The third-order valence-corrected chi connectivity index (χ3v) is 5.78. The Labute approximate surface area is 155 Å². The van der Waals surface area contributed by atoms with Crippen molar-refractivity contribution in [3.63, 3.8) is 0 Å². The largest absolute Gasteiger partial charge is 0.491 e. The van der Waals surface area contributed by atoms with E-state index in [9.17, 15) is 4.79 Å². The Bertz CT molecular complexity index is 726.